The molecule has 0 aliphatic heterocycles. The Hall–Kier alpha value is -2.03. The SMILES string of the molecule is C/C=C/Cn1cc(CC(=O)O)c2ccccc21. The average Bonchev–Trinajstić information content (AvgIpc) is 2.65. The summed E-state index contributed by atoms with van der Waals surface area (Å²) >= 11 is 0. The Kier molecular flexibility index (Phi) is 3.28. The zero-order valence-corrected chi connectivity index (χ0v) is 9.76. The summed E-state index contributed by atoms with van der Waals surface area (Å²) in [5.41, 5.74) is 1.96. The fourth-order valence-electron chi connectivity index (χ4n) is 2.00. The normalized spacial score (nSPS) is 11.4. The van der Waals surface area contributed by atoms with Gasteiger partial charge in [0.2, 0.25) is 0 Å². The lowest BCUT2D eigenvalue weighted by molar-refractivity contribution is -0.136. The first-order valence-electron chi connectivity index (χ1n) is 5.62. The van der Waals surface area contributed by atoms with Crippen molar-refractivity contribution in [1.29, 1.82) is 0 Å². The first-order chi connectivity index (χ1) is 8.22. The highest BCUT2D eigenvalue weighted by atomic mass is 16.4. The van der Waals surface area contributed by atoms with E-state index in [9.17, 15) is 4.79 Å². The number of allylic oxidation sites excluding steroid dienone is 2. The maximum Gasteiger partial charge on any atom is 0.307 e. The van der Waals surface area contributed by atoms with Gasteiger partial charge in [0.1, 0.15) is 0 Å². The summed E-state index contributed by atoms with van der Waals surface area (Å²) in [4.78, 5) is 10.8. The molecule has 3 nitrogen and oxygen atoms in total. The molecule has 1 aromatic carbocycles. The number of rotatable bonds is 4. The van der Waals surface area contributed by atoms with Crippen LogP contribution >= 0.6 is 0 Å². The lowest BCUT2D eigenvalue weighted by Gasteiger charge is -1.99. The maximum atomic E-state index is 10.8. The zero-order valence-electron chi connectivity index (χ0n) is 9.76. The third-order valence-corrected chi connectivity index (χ3v) is 2.75. The van der Waals surface area contributed by atoms with Crippen LogP contribution in [-0.2, 0) is 17.8 Å². The van der Waals surface area contributed by atoms with E-state index in [0.717, 1.165) is 23.0 Å². The molecule has 1 N–H and O–H groups in total. The van der Waals surface area contributed by atoms with Gasteiger partial charge < -0.3 is 9.67 Å². The first-order valence-corrected chi connectivity index (χ1v) is 5.62. The molecular formula is C14H15NO2. The Bertz CT molecular complexity index is 567. The predicted octanol–water partition coefficient (Wildman–Crippen LogP) is 2.84. The smallest absolute Gasteiger partial charge is 0.307 e. The van der Waals surface area contributed by atoms with E-state index in [1.165, 1.54) is 0 Å². The second kappa shape index (κ2) is 4.87. The van der Waals surface area contributed by atoms with Crippen molar-refractivity contribution in [2.75, 3.05) is 0 Å². The summed E-state index contributed by atoms with van der Waals surface area (Å²) in [7, 11) is 0. The number of aromatic nitrogens is 1. The topological polar surface area (TPSA) is 42.2 Å². The van der Waals surface area contributed by atoms with E-state index >= 15 is 0 Å². The van der Waals surface area contributed by atoms with Crippen molar-refractivity contribution in [3.8, 4) is 0 Å². The van der Waals surface area contributed by atoms with Gasteiger partial charge in [-0.1, -0.05) is 30.4 Å². The van der Waals surface area contributed by atoms with Crippen molar-refractivity contribution in [2.45, 2.75) is 19.9 Å². The molecule has 1 aromatic heterocycles. The summed E-state index contributed by atoms with van der Waals surface area (Å²) < 4.78 is 2.08. The minimum atomic E-state index is -0.793. The third-order valence-electron chi connectivity index (χ3n) is 2.75. The van der Waals surface area contributed by atoms with Crippen LogP contribution in [-0.4, -0.2) is 15.6 Å². The molecule has 0 aliphatic carbocycles. The van der Waals surface area contributed by atoms with Crippen LogP contribution in [0.2, 0.25) is 0 Å². The molecule has 0 saturated carbocycles. The Morgan fingerprint density at radius 2 is 2.18 bits per heavy atom. The van der Waals surface area contributed by atoms with Gasteiger partial charge in [0.25, 0.3) is 0 Å². The predicted molar refractivity (Wildman–Crippen MR) is 68.1 cm³/mol. The summed E-state index contributed by atoms with van der Waals surface area (Å²) in [5, 5.41) is 9.92. The van der Waals surface area contributed by atoms with Crippen LogP contribution in [0.5, 0.6) is 0 Å². The zero-order chi connectivity index (χ0) is 12.3. The van der Waals surface area contributed by atoms with Crippen LogP contribution in [0.4, 0.5) is 0 Å². The number of nitrogens with zero attached hydrogens (tertiary/aromatic N) is 1. The molecule has 0 saturated heterocycles. The molecule has 0 amide bonds. The van der Waals surface area contributed by atoms with E-state index in [4.69, 9.17) is 5.11 Å². The molecule has 0 radical (unpaired) electrons. The van der Waals surface area contributed by atoms with Gasteiger partial charge in [0.15, 0.2) is 0 Å². The number of benzene rings is 1. The molecule has 17 heavy (non-hydrogen) atoms. The number of hydrogen-bond donors (Lipinski definition) is 1. The number of para-hydroxylation sites is 1. The summed E-state index contributed by atoms with van der Waals surface area (Å²) in [6, 6.07) is 7.90. The summed E-state index contributed by atoms with van der Waals surface area (Å²) in [6.07, 6.45) is 6.05. The molecule has 0 atom stereocenters. The highest BCUT2D eigenvalue weighted by molar-refractivity contribution is 5.87. The van der Waals surface area contributed by atoms with E-state index in [1.807, 2.05) is 43.5 Å². The largest absolute Gasteiger partial charge is 0.481 e. The van der Waals surface area contributed by atoms with Crippen molar-refractivity contribution < 1.29 is 9.90 Å². The highest BCUT2D eigenvalue weighted by Crippen LogP contribution is 2.21. The molecule has 2 aromatic rings. The molecule has 1 heterocycles. The number of hydrogen-bond acceptors (Lipinski definition) is 1. The van der Waals surface area contributed by atoms with Gasteiger partial charge in [0, 0.05) is 23.6 Å². The molecule has 88 valence electrons. The Morgan fingerprint density at radius 3 is 2.88 bits per heavy atom. The van der Waals surface area contributed by atoms with Gasteiger partial charge in [-0.2, -0.15) is 0 Å². The fourth-order valence-corrected chi connectivity index (χ4v) is 2.00. The standard InChI is InChI=1S/C14H15NO2/c1-2-3-8-15-10-11(9-14(16)17)12-6-4-5-7-13(12)15/h2-7,10H,8-9H2,1H3,(H,16,17)/b3-2+. The second-order valence-electron chi connectivity index (χ2n) is 3.96. The average molecular weight is 229 g/mol. The summed E-state index contributed by atoms with van der Waals surface area (Å²) in [6.45, 7) is 2.75. The van der Waals surface area contributed by atoms with Crippen LogP contribution in [0.25, 0.3) is 10.9 Å². The van der Waals surface area contributed by atoms with Crippen LogP contribution in [0.15, 0.2) is 42.6 Å². The van der Waals surface area contributed by atoms with Gasteiger partial charge in [-0.3, -0.25) is 4.79 Å². The molecule has 0 spiro atoms. The molecule has 3 heteroatoms. The quantitative estimate of drug-likeness (QED) is 0.819. The Labute approximate surface area is 100.0 Å². The fraction of sp³-hybridized carbons (Fsp3) is 0.214. The highest BCUT2D eigenvalue weighted by Gasteiger charge is 2.09. The van der Waals surface area contributed by atoms with Gasteiger partial charge in [0.05, 0.1) is 6.42 Å². The lowest BCUT2D eigenvalue weighted by Crippen LogP contribution is -1.99. The van der Waals surface area contributed by atoms with E-state index in [2.05, 4.69) is 10.6 Å². The monoisotopic (exact) mass is 229 g/mol. The minimum Gasteiger partial charge on any atom is -0.481 e. The molecule has 0 fully saturated rings. The van der Waals surface area contributed by atoms with Crippen molar-refractivity contribution in [2.24, 2.45) is 0 Å². The van der Waals surface area contributed by atoms with E-state index in [-0.39, 0.29) is 6.42 Å². The Balaban J connectivity index is 2.49. The lowest BCUT2D eigenvalue weighted by atomic mass is 10.1. The van der Waals surface area contributed by atoms with E-state index < -0.39 is 5.97 Å². The van der Waals surface area contributed by atoms with Crippen LogP contribution in [0, 0.1) is 0 Å². The maximum absolute atomic E-state index is 10.8. The van der Waals surface area contributed by atoms with Crippen LogP contribution in [0.1, 0.15) is 12.5 Å². The number of aliphatic carboxylic acids is 1. The van der Waals surface area contributed by atoms with Crippen LogP contribution in [0.3, 0.4) is 0 Å². The van der Waals surface area contributed by atoms with E-state index in [1.54, 1.807) is 0 Å². The third kappa shape index (κ3) is 2.38. The van der Waals surface area contributed by atoms with Crippen LogP contribution < -0.4 is 0 Å². The van der Waals surface area contributed by atoms with Crippen molar-refractivity contribution in [1.82, 2.24) is 4.57 Å². The summed E-state index contributed by atoms with van der Waals surface area (Å²) in [5.74, 6) is -0.793. The molecular weight excluding hydrogens is 214 g/mol. The van der Waals surface area contributed by atoms with Crippen molar-refractivity contribution in [3.63, 3.8) is 0 Å². The number of carbonyl (C=O) groups is 1. The molecule has 0 unspecified atom stereocenters. The van der Waals surface area contributed by atoms with Crippen molar-refractivity contribution >= 4 is 16.9 Å². The molecule has 0 aliphatic rings. The van der Waals surface area contributed by atoms with Crippen molar-refractivity contribution in [3.05, 3.63) is 48.2 Å². The van der Waals surface area contributed by atoms with Gasteiger partial charge in [-0.25, -0.2) is 0 Å². The first kappa shape index (κ1) is 11.5. The minimum absolute atomic E-state index is 0.0728. The Morgan fingerprint density at radius 1 is 1.41 bits per heavy atom. The van der Waals surface area contributed by atoms with Gasteiger partial charge in [-0.15, -0.1) is 0 Å². The van der Waals surface area contributed by atoms with E-state index in [0.29, 0.717) is 0 Å². The van der Waals surface area contributed by atoms with Gasteiger partial charge >= 0.3 is 5.97 Å². The molecule has 0 bridgehead atoms. The second-order valence-corrected chi connectivity index (χ2v) is 3.96. The number of carboxylic acid groups (broad SMARTS) is 1. The number of fused-ring (bicyclic) bond motifs is 1. The number of carboxylic acids is 1. The van der Waals surface area contributed by atoms with Gasteiger partial charge in [-0.05, 0) is 18.6 Å². The molecule has 2 rings (SSSR count).